The first-order chi connectivity index (χ1) is 29.7. The lowest BCUT2D eigenvalue weighted by atomic mass is 10.0. The van der Waals surface area contributed by atoms with E-state index in [9.17, 15) is 19.0 Å². The van der Waals surface area contributed by atoms with Gasteiger partial charge >= 0.3 is 19.8 Å². The van der Waals surface area contributed by atoms with Gasteiger partial charge in [-0.1, -0.05) is 251 Å². The number of hydrogen-bond donors (Lipinski definition) is 3. The average molecular weight is 890 g/mol. The molecule has 10 nitrogen and oxygen atoms in total. The molecule has 0 aliphatic rings. The number of rotatable bonds is 51. The van der Waals surface area contributed by atoms with E-state index in [0.29, 0.717) is 6.61 Å². The van der Waals surface area contributed by atoms with E-state index in [2.05, 4.69) is 13.8 Å². The summed E-state index contributed by atoms with van der Waals surface area (Å²) >= 11 is 0. The van der Waals surface area contributed by atoms with E-state index in [1.807, 2.05) is 0 Å². The van der Waals surface area contributed by atoms with Gasteiger partial charge in [0.2, 0.25) is 0 Å². The lowest BCUT2D eigenvalue weighted by Gasteiger charge is -2.20. The minimum Gasteiger partial charge on any atom is -0.480 e. The number of esters is 1. The number of hydrogen-bond acceptors (Lipinski definition) is 8. The van der Waals surface area contributed by atoms with Crippen molar-refractivity contribution in [3.8, 4) is 0 Å². The molecule has 0 aliphatic carbocycles. The van der Waals surface area contributed by atoms with Gasteiger partial charge < -0.3 is 25.2 Å². The first kappa shape index (κ1) is 60.0. The van der Waals surface area contributed by atoms with Gasteiger partial charge in [0.15, 0.2) is 0 Å². The van der Waals surface area contributed by atoms with E-state index in [0.717, 1.165) is 38.5 Å². The Labute approximate surface area is 376 Å². The zero-order valence-electron chi connectivity index (χ0n) is 40.0. The van der Waals surface area contributed by atoms with Gasteiger partial charge in [0.05, 0.1) is 19.8 Å². The normalized spacial score (nSPS) is 13.6. The van der Waals surface area contributed by atoms with Gasteiger partial charge in [-0.05, 0) is 12.8 Å². The zero-order chi connectivity index (χ0) is 44.8. The van der Waals surface area contributed by atoms with Crippen molar-refractivity contribution >= 4 is 19.8 Å². The maximum atomic E-state index is 12.7. The van der Waals surface area contributed by atoms with Gasteiger partial charge in [-0.25, -0.2) is 4.57 Å². The number of carboxylic acid groups (broad SMARTS) is 1. The SMILES string of the molecule is CCCCCCCCCCCCCCCCCCCCCCC(=O)OC(COCCCCCCCCCCCCCCCCCCCCC)COP(=O)(O)OCC(N)C(=O)O. The molecular weight excluding hydrogens is 790 g/mol. The molecule has 0 spiro atoms. The third-order valence-electron chi connectivity index (χ3n) is 11.9. The molecule has 364 valence electrons. The van der Waals surface area contributed by atoms with Crippen molar-refractivity contribution in [2.24, 2.45) is 5.73 Å². The molecule has 0 saturated carbocycles. The monoisotopic (exact) mass is 890 g/mol. The molecule has 0 aromatic carbocycles. The van der Waals surface area contributed by atoms with E-state index in [1.165, 1.54) is 212 Å². The van der Waals surface area contributed by atoms with Gasteiger partial charge in [-0.15, -0.1) is 0 Å². The largest absolute Gasteiger partial charge is 0.480 e. The van der Waals surface area contributed by atoms with E-state index < -0.39 is 45.1 Å². The topological polar surface area (TPSA) is 155 Å². The minimum atomic E-state index is -4.61. The van der Waals surface area contributed by atoms with E-state index in [4.69, 9.17) is 29.4 Å². The Bertz CT molecular complexity index is 987. The van der Waals surface area contributed by atoms with Gasteiger partial charge in [-0.2, -0.15) is 0 Å². The molecule has 0 aliphatic heterocycles. The summed E-state index contributed by atoms with van der Waals surface area (Å²) in [6, 6.07) is -1.47. The van der Waals surface area contributed by atoms with Crippen molar-refractivity contribution in [1.29, 1.82) is 0 Å². The second-order valence-corrected chi connectivity index (χ2v) is 19.5. The quantitative estimate of drug-likeness (QED) is 0.0305. The van der Waals surface area contributed by atoms with Gasteiger partial charge in [-0.3, -0.25) is 18.6 Å². The summed E-state index contributed by atoms with van der Waals surface area (Å²) in [7, 11) is -4.61. The molecule has 0 amide bonds. The summed E-state index contributed by atoms with van der Waals surface area (Å²) in [6.45, 7) is 3.96. The molecule has 3 unspecified atom stereocenters. The van der Waals surface area contributed by atoms with Gasteiger partial charge in [0.1, 0.15) is 12.1 Å². The Morgan fingerprint density at radius 2 is 0.754 bits per heavy atom. The summed E-state index contributed by atoms with van der Waals surface area (Å²) in [6.07, 6.45) is 50.2. The van der Waals surface area contributed by atoms with Crippen molar-refractivity contribution < 1.29 is 42.7 Å². The van der Waals surface area contributed by atoms with Crippen LogP contribution in [0.1, 0.15) is 271 Å². The summed E-state index contributed by atoms with van der Waals surface area (Å²) in [5, 5.41) is 8.93. The number of carboxylic acids is 1. The fourth-order valence-corrected chi connectivity index (χ4v) is 8.62. The Morgan fingerprint density at radius 3 is 1.08 bits per heavy atom. The van der Waals surface area contributed by atoms with Gasteiger partial charge in [0.25, 0.3) is 0 Å². The van der Waals surface area contributed by atoms with Crippen LogP contribution in [0.4, 0.5) is 0 Å². The maximum absolute atomic E-state index is 12.7. The van der Waals surface area contributed by atoms with Crippen LogP contribution in [0, 0.1) is 0 Å². The van der Waals surface area contributed by atoms with Crippen molar-refractivity contribution in [3.05, 3.63) is 0 Å². The first-order valence-electron chi connectivity index (χ1n) is 26.1. The third kappa shape index (κ3) is 46.8. The molecule has 0 fully saturated rings. The van der Waals surface area contributed by atoms with Crippen LogP contribution in [0.2, 0.25) is 0 Å². The van der Waals surface area contributed by atoms with Crippen molar-refractivity contribution in [3.63, 3.8) is 0 Å². The Kier molecular flexibility index (Phi) is 46.2. The van der Waals surface area contributed by atoms with E-state index in [1.54, 1.807) is 0 Å². The van der Waals surface area contributed by atoms with Crippen molar-refractivity contribution in [2.45, 2.75) is 283 Å². The highest BCUT2D eigenvalue weighted by atomic mass is 31.2. The number of unbranched alkanes of at least 4 members (excludes halogenated alkanes) is 37. The molecular formula is C50H100NO9P. The van der Waals surface area contributed by atoms with Crippen molar-refractivity contribution in [1.82, 2.24) is 0 Å². The van der Waals surface area contributed by atoms with Crippen LogP contribution in [0.5, 0.6) is 0 Å². The minimum absolute atomic E-state index is 0.0265. The molecule has 3 atom stereocenters. The summed E-state index contributed by atoms with van der Waals surface area (Å²) in [4.78, 5) is 33.7. The lowest BCUT2D eigenvalue weighted by molar-refractivity contribution is -0.154. The zero-order valence-corrected chi connectivity index (χ0v) is 40.9. The number of phosphoric ester groups is 1. The van der Waals surface area contributed by atoms with Crippen LogP contribution in [-0.2, 0) is 32.7 Å². The number of phosphoric acid groups is 1. The number of carbonyl (C=O) groups excluding carboxylic acids is 1. The molecule has 11 heteroatoms. The molecule has 4 N–H and O–H groups in total. The highest BCUT2D eigenvalue weighted by Gasteiger charge is 2.27. The second-order valence-electron chi connectivity index (χ2n) is 18.0. The smallest absolute Gasteiger partial charge is 0.472 e. The molecule has 0 rings (SSSR count). The number of carbonyl (C=O) groups is 2. The summed E-state index contributed by atoms with van der Waals surface area (Å²) in [5.74, 6) is -1.76. The molecule has 0 aromatic heterocycles. The summed E-state index contributed by atoms with van der Waals surface area (Å²) < 4.78 is 33.5. The average Bonchev–Trinajstić information content (AvgIpc) is 3.24. The number of nitrogens with two attached hydrogens (primary N) is 1. The Balaban J connectivity index is 4.07. The highest BCUT2D eigenvalue weighted by Crippen LogP contribution is 2.43. The molecule has 0 saturated heterocycles. The first-order valence-corrected chi connectivity index (χ1v) is 27.6. The summed E-state index contributed by atoms with van der Waals surface area (Å²) in [5.41, 5.74) is 5.38. The lowest BCUT2D eigenvalue weighted by Crippen LogP contribution is -2.34. The molecule has 0 bridgehead atoms. The predicted molar refractivity (Wildman–Crippen MR) is 254 cm³/mol. The second kappa shape index (κ2) is 46.9. The Hall–Kier alpha value is -1.03. The molecule has 0 heterocycles. The van der Waals surface area contributed by atoms with Crippen LogP contribution in [-0.4, -0.2) is 60.5 Å². The highest BCUT2D eigenvalue weighted by molar-refractivity contribution is 7.47. The predicted octanol–water partition coefficient (Wildman–Crippen LogP) is 15.1. The fraction of sp³-hybridized carbons (Fsp3) is 0.960. The van der Waals surface area contributed by atoms with Crippen LogP contribution in [0.25, 0.3) is 0 Å². The van der Waals surface area contributed by atoms with Gasteiger partial charge in [0, 0.05) is 13.0 Å². The fourth-order valence-electron chi connectivity index (χ4n) is 7.84. The maximum Gasteiger partial charge on any atom is 0.472 e. The van der Waals surface area contributed by atoms with Crippen LogP contribution in [0.15, 0.2) is 0 Å². The van der Waals surface area contributed by atoms with E-state index >= 15 is 0 Å². The van der Waals surface area contributed by atoms with Crippen molar-refractivity contribution in [2.75, 3.05) is 26.4 Å². The molecule has 0 aromatic rings. The number of ether oxygens (including phenoxy) is 2. The number of aliphatic carboxylic acids is 1. The third-order valence-corrected chi connectivity index (χ3v) is 12.8. The standard InChI is InChI=1S/C50H100NO9P/c1-3-5-7-9-11-13-15-17-19-21-23-24-26-28-30-32-34-36-38-40-42-49(52)60-47(45-58-61(55,56)59-46-48(51)50(53)54)44-57-43-41-39-37-35-33-31-29-27-25-22-20-18-16-14-12-10-8-6-4-2/h47-48H,3-46,51H2,1-2H3,(H,53,54)(H,55,56). The molecule has 0 radical (unpaired) electrons. The van der Waals surface area contributed by atoms with Crippen LogP contribution >= 0.6 is 7.82 Å². The van der Waals surface area contributed by atoms with Crippen LogP contribution in [0.3, 0.4) is 0 Å². The molecule has 61 heavy (non-hydrogen) atoms. The van der Waals surface area contributed by atoms with E-state index in [-0.39, 0.29) is 13.0 Å². The Morgan fingerprint density at radius 1 is 0.459 bits per heavy atom. The van der Waals surface area contributed by atoms with Crippen LogP contribution < -0.4 is 5.73 Å².